The zero-order chi connectivity index (χ0) is 17.4. The van der Waals surface area contributed by atoms with Crippen LogP contribution >= 0.6 is 0 Å². The van der Waals surface area contributed by atoms with E-state index in [-0.39, 0.29) is 5.76 Å². The molecule has 2 aromatic rings. The number of nitrogens with one attached hydrogen (secondary N) is 2. The van der Waals surface area contributed by atoms with Crippen LogP contribution in [0.25, 0.3) is 0 Å². The molecule has 0 aliphatic carbocycles. The van der Waals surface area contributed by atoms with Crippen molar-refractivity contribution in [2.75, 3.05) is 20.7 Å². The van der Waals surface area contributed by atoms with E-state index in [0.29, 0.717) is 24.8 Å². The molecule has 1 aromatic carbocycles. The molecule has 7 heteroatoms. The number of guanidine groups is 1. The minimum absolute atomic E-state index is 0.144. The molecule has 0 aliphatic heterocycles. The van der Waals surface area contributed by atoms with Gasteiger partial charge in [0.15, 0.2) is 11.7 Å². The number of aliphatic imine (C=N–C) groups is 1. The second-order valence-electron chi connectivity index (χ2n) is 5.04. The molecular formula is C17H22N4O3. The average Bonchev–Trinajstić information content (AvgIpc) is 3.07. The first-order chi connectivity index (χ1) is 11.6. The number of primary amides is 1. The summed E-state index contributed by atoms with van der Waals surface area (Å²) in [7, 11) is 3.35. The van der Waals surface area contributed by atoms with Gasteiger partial charge in [-0.1, -0.05) is 18.2 Å². The van der Waals surface area contributed by atoms with Crippen LogP contribution < -0.4 is 21.1 Å². The van der Waals surface area contributed by atoms with E-state index < -0.39 is 5.91 Å². The monoisotopic (exact) mass is 330 g/mol. The van der Waals surface area contributed by atoms with E-state index in [0.717, 1.165) is 17.7 Å². The predicted molar refractivity (Wildman–Crippen MR) is 92.1 cm³/mol. The molecule has 128 valence electrons. The van der Waals surface area contributed by atoms with Crippen LogP contribution in [0.3, 0.4) is 0 Å². The predicted octanol–water partition coefficient (Wildman–Crippen LogP) is 1.29. The standard InChI is InChI=1S/C17H22N4O3/c1-19-17(21-11-13-7-8-15(24-13)16(18)22)20-10-9-12-5-3-4-6-14(12)23-2/h3-8H,9-11H2,1-2H3,(H2,18,22)(H2,19,20,21). The van der Waals surface area contributed by atoms with E-state index in [4.69, 9.17) is 14.9 Å². The Morgan fingerprint density at radius 1 is 1.25 bits per heavy atom. The van der Waals surface area contributed by atoms with E-state index >= 15 is 0 Å². The molecule has 0 bridgehead atoms. The Morgan fingerprint density at radius 2 is 2.04 bits per heavy atom. The minimum Gasteiger partial charge on any atom is -0.496 e. The highest BCUT2D eigenvalue weighted by atomic mass is 16.5. The van der Waals surface area contributed by atoms with Crippen LogP contribution in [0.1, 0.15) is 21.9 Å². The maximum absolute atomic E-state index is 11.0. The van der Waals surface area contributed by atoms with Gasteiger partial charge in [0, 0.05) is 13.6 Å². The highest BCUT2D eigenvalue weighted by Crippen LogP contribution is 2.17. The third-order valence-corrected chi connectivity index (χ3v) is 3.44. The van der Waals surface area contributed by atoms with Gasteiger partial charge >= 0.3 is 0 Å². The van der Waals surface area contributed by atoms with Crippen molar-refractivity contribution >= 4 is 11.9 Å². The fourth-order valence-corrected chi connectivity index (χ4v) is 2.22. The van der Waals surface area contributed by atoms with E-state index in [9.17, 15) is 4.79 Å². The van der Waals surface area contributed by atoms with Crippen molar-refractivity contribution in [2.24, 2.45) is 10.7 Å². The lowest BCUT2D eigenvalue weighted by molar-refractivity contribution is 0.0972. The number of hydrogen-bond acceptors (Lipinski definition) is 4. The van der Waals surface area contributed by atoms with Crippen LogP contribution in [-0.2, 0) is 13.0 Å². The summed E-state index contributed by atoms with van der Waals surface area (Å²) >= 11 is 0. The summed E-state index contributed by atoms with van der Waals surface area (Å²) in [6, 6.07) is 11.2. The molecule has 0 aliphatic rings. The second-order valence-corrected chi connectivity index (χ2v) is 5.04. The molecular weight excluding hydrogens is 308 g/mol. The zero-order valence-electron chi connectivity index (χ0n) is 13.8. The number of carbonyl (C=O) groups is 1. The Hall–Kier alpha value is -2.96. The Balaban J connectivity index is 1.81. The van der Waals surface area contributed by atoms with Crippen molar-refractivity contribution in [3.63, 3.8) is 0 Å². The van der Waals surface area contributed by atoms with Crippen LogP contribution in [0.5, 0.6) is 5.75 Å². The number of nitrogens with zero attached hydrogens (tertiary/aromatic N) is 1. The summed E-state index contributed by atoms with van der Waals surface area (Å²) in [5, 5.41) is 6.33. The largest absolute Gasteiger partial charge is 0.496 e. The summed E-state index contributed by atoms with van der Waals surface area (Å²) in [6.07, 6.45) is 0.803. The van der Waals surface area contributed by atoms with Gasteiger partial charge in [-0.2, -0.15) is 0 Å². The highest BCUT2D eigenvalue weighted by Gasteiger charge is 2.07. The fraction of sp³-hybridized carbons (Fsp3) is 0.294. The summed E-state index contributed by atoms with van der Waals surface area (Å²) in [5.74, 6) is 1.68. The Labute approximate surface area is 140 Å². The molecule has 2 rings (SSSR count). The van der Waals surface area contributed by atoms with Crippen LogP contribution in [0.4, 0.5) is 0 Å². The summed E-state index contributed by atoms with van der Waals surface area (Å²) in [4.78, 5) is 15.1. The quantitative estimate of drug-likeness (QED) is 0.524. The number of rotatable bonds is 7. The SMILES string of the molecule is CN=C(NCCc1ccccc1OC)NCc1ccc(C(N)=O)o1. The zero-order valence-corrected chi connectivity index (χ0v) is 13.8. The van der Waals surface area contributed by atoms with Crippen LogP contribution in [0, 0.1) is 0 Å². The molecule has 0 spiro atoms. The first-order valence-corrected chi connectivity index (χ1v) is 7.59. The van der Waals surface area contributed by atoms with E-state index in [1.54, 1.807) is 26.3 Å². The normalized spacial score (nSPS) is 11.2. The lowest BCUT2D eigenvalue weighted by Crippen LogP contribution is -2.37. The Kier molecular flexibility index (Phi) is 6.24. The molecule has 0 saturated carbocycles. The number of ether oxygens (including phenoxy) is 1. The maximum Gasteiger partial charge on any atom is 0.284 e. The van der Waals surface area contributed by atoms with Crippen molar-refractivity contribution in [3.8, 4) is 5.75 Å². The summed E-state index contributed by atoms with van der Waals surface area (Å²) in [5.41, 5.74) is 6.28. The second kappa shape index (κ2) is 8.61. The number of amides is 1. The number of para-hydroxylation sites is 1. The first kappa shape index (κ1) is 17.4. The van der Waals surface area contributed by atoms with Gasteiger partial charge in [-0.15, -0.1) is 0 Å². The number of carbonyl (C=O) groups excluding carboxylic acids is 1. The third kappa shape index (κ3) is 4.77. The molecule has 0 atom stereocenters. The van der Waals surface area contributed by atoms with Gasteiger partial charge in [-0.25, -0.2) is 0 Å². The topological polar surface area (TPSA) is 102 Å². The first-order valence-electron chi connectivity index (χ1n) is 7.59. The highest BCUT2D eigenvalue weighted by molar-refractivity contribution is 5.89. The fourth-order valence-electron chi connectivity index (χ4n) is 2.22. The van der Waals surface area contributed by atoms with Crippen LogP contribution in [-0.4, -0.2) is 32.6 Å². The van der Waals surface area contributed by atoms with Crippen molar-refractivity contribution in [3.05, 3.63) is 53.5 Å². The molecule has 4 N–H and O–H groups in total. The van der Waals surface area contributed by atoms with Gasteiger partial charge in [0.25, 0.3) is 5.91 Å². The van der Waals surface area contributed by atoms with Gasteiger partial charge in [0.2, 0.25) is 0 Å². The lowest BCUT2D eigenvalue weighted by atomic mass is 10.1. The third-order valence-electron chi connectivity index (χ3n) is 3.44. The van der Waals surface area contributed by atoms with E-state index in [2.05, 4.69) is 15.6 Å². The molecule has 24 heavy (non-hydrogen) atoms. The molecule has 0 radical (unpaired) electrons. The Morgan fingerprint density at radius 3 is 2.71 bits per heavy atom. The number of furan rings is 1. The number of benzene rings is 1. The van der Waals surface area contributed by atoms with Crippen molar-refractivity contribution in [1.82, 2.24) is 10.6 Å². The molecule has 0 fully saturated rings. The minimum atomic E-state index is -0.583. The molecule has 0 saturated heterocycles. The lowest BCUT2D eigenvalue weighted by Gasteiger charge is -2.12. The van der Waals surface area contributed by atoms with Gasteiger partial charge in [-0.05, 0) is 30.2 Å². The number of hydrogen-bond donors (Lipinski definition) is 3. The van der Waals surface area contributed by atoms with Crippen molar-refractivity contribution in [2.45, 2.75) is 13.0 Å². The van der Waals surface area contributed by atoms with Crippen LogP contribution in [0.2, 0.25) is 0 Å². The van der Waals surface area contributed by atoms with Crippen molar-refractivity contribution < 1.29 is 13.9 Å². The molecule has 7 nitrogen and oxygen atoms in total. The Bertz CT molecular complexity index is 709. The average molecular weight is 330 g/mol. The van der Waals surface area contributed by atoms with E-state index in [1.807, 2.05) is 24.3 Å². The van der Waals surface area contributed by atoms with Gasteiger partial charge in [-0.3, -0.25) is 9.79 Å². The summed E-state index contributed by atoms with van der Waals surface area (Å²) < 4.78 is 10.6. The van der Waals surface area contributed by atoms with Gasteiger partial charge in [0.1, 0.15) is 11.5 Å². The summed E-state index contributed by atoms with van der Waals surface area (Å²) in [6.45, 7) is 1.10. The van der Waals surface area contributed by atoms with Crippen LogP contribution in [0.15, 0.2) is 45.8 Å². The molecule has 1 amide bonds. The number of methoxy groups -OCH3 is 1. The molecule has 1 aromatic heterocycles. The van der Waals surface area contributed by atoms with Crippen molar-refractivity contribution in [1.29, 1.82) is 0 Å². The molecule has 0 unspecified atom stereocenters. The smallest absolute Gasteiger partial charge is 0.284 e. The van der Waals surface area contributed by atoms with E-state index in [1.165, 1.54) is 0 Å². The van der Waals surface area contributed by atoms with Gasteiger partial charge < -0.3 is 25.5 Å². The maximum atomic E-state index is 11.0. The molecule has 1 heterocycles. The van der Waals surface area contributed by atoms with Gasteiger partial charge in [0.05, 0.1) is 13.7 Å². The number of nitrogens with two attached hydrogens (primary N) is 1.